The van der Waals surface area contributed by atoms with Crippen molar-refractivity contribution < 1.29 is 0 Å². The molecule has 1 aliphatic rings. The van der Waals surface area contributed by atoms with Crippen LogP contribution in [-0.4, -0.2) is 17.0 Å². The number of hydrogen-bond donors (Lipinski definition) is 0. The molecule has 76 valence electrons. The third-order valence-electron chi connectivity index (χ3n) is 3.57. The van der Waals surface area contributed by atoms with E-state index in [1.54, 1.807) is 5.57 Å². The van der Waals surface area contributed by atoms with Crippen LogP contribution in [0.5, 0.6) is 0 Å². The summed E-state index contributed by atoms with van der Waals surface area (Å²) in [6.45, 7) is 14.9. The van der Waals surface area contributed by atoms with Crippen LogP contribution >= 0.6 is 0 Å². The fourth-order valence-corrected chi connectivity index (χ4v) is 2.70. The third-order valence-corrected chi connectivity index (χ3v) is 3.57. The quantitative estimate of drug-likeness (QED) is 0.599. The van der Waals surface area contributed by atoms with Crippen LogP contribution in [-0.2, 0) is 0 Å². The van der Waals surface area contributed by atoms with E-state index in [-0.39, 0.29) is 0 Å². The second kappa shape index (κ2) is 3.36. The molecule has 0 aliphatic carbocycles. The van der Waals surface area contributed by atoms with E-state index in [9.17, 15) is 0 Å². The summed E-state index contributed by atoms with van der Waals surface area (Å²) in [4.78, 5) is 2.53. The average molecular weight is 181 g/mol. The van der Waals surface area contributed by atoms with Gasteiger partial charge < -0.3 is 4.90 Å². The molecule has 0 saturated heterocycles. The van der Waals surface area contributed by atoms with Crippen molar-refractivity contribution in [2.24, 2.45) is 5.92 Å². The van der Waals surface area contributed by atoms with E-state index >= 15 is 0 Å². The summed E-state index contributed by atoms with van der Waals surface area (Å²) < 4.78 is 0. The summed E-state index contributed by atoms with van der Waals surface area (Å²) >= 11 is 0. The largest absolute Gasteiger partial charge is 0.370 e. The number of rotatable bonds is 1. The molecule has 0 saturated carbocycles. The van der Waals surface area contributed by atoms with Gasteiger partial charge in [-0.15, -0.1) is 0 Å². The van der Waals surface area contributed by atoms with Gasteiger partial charge in [0.1, 0.15) is 0 Å². The summed E-state index contributed by atoms with van der Waals surface area (Å²) in [5, 5.41) is 0. The summed E-state index contributed by atoms with van der Waals surface area (Å²) in [6, 6.07) is 0. The first-order valence-electron chi connectivity index (χ1n) is 5.35. The molecule has 0 bridgehead atoms. The molecule has 1 nitrogen and oxygen atoms in total. The topological polar surface area (TPSA) is 3.24 Å². The molecule has 0 amide bonds. The minimum Gasteiger partial charge on any atom is -0.370 e. The highest BCUT2D eigenvalue weighted by Gasteiger charge is 2.33. The van der Waals surface area contributed by atoms with Crippen molar-refractivity contribution >= 4 is 0 Å². The molecule has 0 aromatic rings. The predicted octanol–water partition coefficient (Wildman–Crippen LogP) is 3.42. The molecule has 1 heteroatoms. The first-order valence-corrected chi connectivity index (χ1v) is 5.35. The molecular formula is C12H23N. The van der Waals surface area contributed by atoms with Gasteiger partial charge in [0.2, 0.25) is 0 Å². The van der Waals surface area contributed by atoms with Crippen LogP contribution in [0.15, 0.2) is 11.3 Å². The maximum Gasteiger partial charge on any atom is 0.0348 e. The van der Waals surface area contributed by atoms with Gasteiger partial charge in [-0.3, -0.25) is 0 Å². The van der Waals surface area contributed by atoms with Gasteiger partial charge in [0.05, 0.1) is 0 Å². The summed E-state index contributed by atoms with van der Waals surface area (Å²) in [5.41, 5.74) is 3.41. The van der Waals surface area contributed by atoms with Crippen LogP contribution in [0.1, 0.15) is 48.0 Å². The Morgan fingerprint density at radius 3 is 2.38 bits per heavy atom. The Labute approximate surface area is 82.8 Å². The van der Waals surface area contributed by atoms with Gasteiger partial charge in [0, 0.05) is 17.8 Å². The molecule has 1 aliphatic heterocycles. The van der Waals surface area contributed by atoms with Gasteiger partial charge in [-0.05, 0) is 47.0 Å². The Balaban J connectivity index is 3.04. The molecule has 1 unspecified atom stereocenters. The maximum atomic E-state index is 2.53. The van der Waals surface area contributed by atoms with E-state index in [0.29, 0.717) is 5.54 Å². The van der Waals surface area contributed by atoms with E-state index in [4.69, 9.17) is 0 Å². The molecular weight excluding hydrogens is 158 g/mol. The maximum absolute atomic E-state index is 2.53. The SMILES string of the molecule is CCN1C(C)=C(C)C(C)CC1(C)C. The van der Waals surface area contributed by atoms with E-state index in [1.165, 1.54) is 12.1 Å². The van der Waals surface area contributed by atoms with Gasteiger partial charge in [-0.2, -0.15) is 0 Å². The lowest BCUT2D eigenvalue weighted by Gasteiger charge is -2.47. The van der Waals surface area contributed by atoms with Crippen molar-refractivity contribution in [2.45, 2.75) is 53.5 Å². The fraction of sp³-hybridized carbons (Fsp3) is 0.833. The highest BCUT2D eigenvalue weighted by molar-refractivity contribution is 5.19. The average Bonchev–Trinajstić information content (AvgIpc) is 2.00. The molecule has 1 atom stereocenters. The molecule has 0 fully saturated rings. The van der Waals surface area contributed by atoms with Gasteiger partial charge >= 0.3 is 0 Å². The molecule has 0 aromatic heterocycles. The molecule has 0 aromatic carbocycles. The van der Waals surface area contributed by atoms with Crippen molar-refractivity contribution in [3.05, 3.63) is 11.3 Å². The Kier molecular flexibility index (Phi) is 2.74. The monoisotopic (exact) mass is 181 g/mol. The van der Waals surface area contributed by atoms with Gasteiger partial charge in [0.25, 0.3) is 0 Å². The summed E-state index contributed by atoms with van der Waals surface area (Å²) in [5.74, 6) is 0.748. The summed E-state index contributed by atoms with van der Waals surface area (Å²) in [7, 11) is 0. The van der Waals surface area contributed by atoms with Crippen LogP contribution in [0, 0.1) is 5.92 Å². The van der Waals surface area contributed by atoms with Crippen molar-refractivity contribution in [1.82, 2.24) is 4.90 Å². The van der Waals surface area contributed by atoms with Crippen molar-refractivity contribution in [2.75, 3.05) is 6.54 Å². The zero-order valence-corrected chi connectivity index (χ0v) is 9.94. The van der Waals surface area contributed by atoms with Gasteiger partial charge in [0.15, 0.2) is 0 Å². The second-order valence-corrected chi connectivity index (χ2v) is 4.93. The van der Waals surface area contributed by atoms with Crippen LogP contribution in [0.4, 0.5) is 0 Å². The third kappa shape index (κ3) is 1.74. The number of nitrogens with zero attached hydrogens (tertiary/aromatic N) is 1. The standard InChI is InChI=1S/C12H23N/c1-7-13-11(4)10(3)9(2)8-12(13,5)6/h9H,7-8H2,1-6H3. The molecule has 1 heterocycles. The lowest BCUT2D eigenvalue weighted by molar-refractivity contribution is 0.126. The fourth-order valence-electron chi connectivity index (χ4n) is 2.70. The first kappa shape index (κ1) is 10.6. The number of allylic oxidation sites excluding steroid dienone is 2. The lowest BCUT2D eigenvalue weighted by Crippen LogP contribution is -2.47. The normalized spacial score (nSPS) is 28.2. The van der Waals surface area contributed by atoms with E-state index < -0.39 is 0 Å². The smallest absolute Gasteiger partial charge is 0.0348 e. The van der Waals surface area contributed by atoms with Crippen LogP contribution in [0.2, 0.25) is 0 Å². The van der Waals surface area contributed by atoms with Crippen molar-refractivity contribution in [1.29, 1.82) is 0 Å². The van der Waals surface area contributed by atoms with Crippen LogP contribution in [0.25, 0.3) is 0 Å². The zero-order valence-electron chi connectivity index (χ0n) is 9.94. The Bertz CT molecular complexity index is 225. The Morgan fingerprint density at radius 2 is 1.92 bits per heavy atom. The Hall–Kier alpha value is -0.460. The van der Waals surface area contributed by atoms with Crippen molar-refractivity contribution in [3.63, 3.8) is 0 Å². The lowest BCUT2D eigenvalue weighted by atomic mass is 9.81. The summed E-state index contributed by atoms with van der Waals surface area (Å²) in [6.07, 6.45) is 1.28. The second-order valence-electron chi connectivity index (χ2n) is 4.93. The molecule has 0 N–H and O–H groups in total. The zero-order chi connectivity index (χ0) is 10.2. The van der Waals surface area contributed by atoms with E-state index in [0.717, 1.165) is 12.5 Å². The minimum absolute atomic E-state index is 0.345. The molecule has 0 spiro atoms. The van der Waals surface area contributed by atoms with Crippen LogP contribution < -0.4 is 0 Å². The highest BCUT2D eigenvalue weighted by atomic mass is 15.2. The van der Waals surface area contributed by atoms with E-state index in [1.807, 2.05) is 0 Å². The van der Waals surface area contributed by atoms with Gasteiger partial charge in [-0.1, -0.05) is 12.5 Å². The Morgan fingerprint density at radius 1 is 1.38 bits per heavy atom. The minimum atomic E-state index is 0.345. The molecule has 13 heavy (non-hydrogen) atoms. The molecule has 1 rings (SSSR count). The number of hydrogen-bond acceptors (Lipinski definition) is 1. The van der Waals surface area contributed by atoms with Crippen LogP contribution in [0.3, 0.4) is 0 Å². The van der Waals surface area contributed by atoms with E-state index in [2.05, 4.69) is 46.4 Å². The first-order chi connectivity index (χ1) is 5.90. The predicted molar refractivity (Wildman–Crippen MR) is 58.6 cm³/mol. The van der Waals surface area contributed by atoms with Gasteiger partial charge in [-0.25, -0.2) is 0 Å². The highest BCUT2D eigenvalue weighted by Crippen LogP contribution is 2.37. The molecule has 0 radical (unpaired) electrons. The van der Waals surface area contributed by atoms with Crippen molar-refractivity contribution in [3.8, 4) is 0 Å².